The van der Waals surface area contributed by atoms with E-state index in [4.69, 9.17) is 19.4 Å². The smallest absolute Gasteiger partial charge is 0.227 e. The van der Waals surface area contributed by atoms with Crippen molar-refractivity contribution in [2.75, 3.05) is 4.90 Å². The summed E-state index contributed by atoms with van der Waals surface area (Å²) in [5, 5.41) is 1.07. The maximum absolute atomic E-state index is 6.05. The van der Waals surface area contributed by atoms with Gasteiger partial charge in [0.1, 0.15) is 5.52 Å². The van der Waals surface area contributed by atoms with Gasteiger partial charge in [-0.25, -0.2) is 9.97 Å². The molecule has 0 N–H and O–H groups in total. The molecule has 0 aliphatic carbocycles. The molecule has 0 bridgehead atoms. The maximum atomic E-state index is 6.05. The molecule has 0 unspecified atom stereocenters. The Morgan fingerprint density at radius 1 is 0.479 bits per heavy atom. The van der Waals surface area contributed by atoms with Gasteiger partial charge in [0.05, 0.1) is 34.1 Å². The number of fused-ring (bicyclic) bond motifs is 3. The summed E-state index contributed by atoms with van der Waals surface area (Å²) < 4.78 is 6.05. The summed E-state index contributed by atoms with van der Waals surface area (Å²) in [5.41, 5.74) is 12.2. The van der Waals surface area contributed by atoms with Gasteiger partial charge < -0.3 is 9.32 Å². The number of nitrogens with zero attached hydrogens (tertiary/aromatic N) is 5. The molecule has 0 aliphatic heterocycles. The standard InChI is InChI=1S/C42H27N5O/c1-2-9-28(10-3-1)35-26-39(45-38-14-8-24-43-41(35)38)29-16-20-32(21-17-29)47(34-25-31-11-4-5-12-36(31)44-27-34)33-22-18-30(19-23-33)42-46-37-13-6-7-15-40(37)48-42/h1-27H. The third kappa shape index (κ3) is 5.02. The molecule has 9 rings (SSSR count). The Kier molecular flexibility index (Phi) is 6.68. The molecule has 6 nitrogen and oxygen atoms in total. The molecule has 0 atom stereocenters. The zero-order chi connectivity index (χ0) is 31.9. The van der Waals surface area contributed by atoms with E-state index >= 15 is 0 Å². The van der Waals surface area contributed by atoms with Crippen molar-refractivity contribution in [1.82, 2.24) is 19.9 Å². The lowest BCUT2D eigenvalue weighted by atomic mass is 10.0. The van der Waals surface area contributed by atoms with E-state index in [9.17, 15) is 0 Å². The first-order valence-electron chi connectivity index (χ1n) is 15.8. The van der Waals surface area contributed by atoms with Crippen LogP contribution >= 0.6 is 0 Å². The van der Waals surface area contributed by atoms with Gasteiger partial charge in [-0.05, 0) is 84.4 Å². The first-order valence-corrected chi connectivity index (χ1v) is 15.8. The van der Waals surface area contributed by atoms with E-state index in [1.54, 1.807) is 0 Å². The molecule has 5 aromatic carbocycles. The number of aromatic nitrogens is 4. The van der Waals surface area contributed by atoms with Crippen molar-refractivity contribution in [2.45, 2.75) is 0 Å². The van der Waals surface area contributed by atoms with Crippen molar-refractivity contribution in [3.8, 4) is 33.8 Å². The van der Waals surface area contributed by atoms with E-state index in [2.05, 4.69) is 88.7 Å². The minimum absolute atomic E-state index is 0.596. The Morgan fingerprint density at radius 2 is 1.17 bits per heavy atom. The predicted octanol–water partition coefficient (Wildman–Crippen LogP) is 10.8. The van der Waals surface area contributed by atoms with E-state index in [1.165, 1.54) is 0 Å². The number of benzene rings is 5. The molecule has 0 aliphatic rings. The van der Waals surface area contributed by atoms with Crippen molar-refractivity contribution in [3.63, 3.8) is 0 Å². The monoisotopic (exact) mass is 617 g/mol. The molecule has 0 amide bonds. The highest BCUT2D eigenvalue weighted by atomic mass is 16.3. The molecule has 226 valence electrons. The summed E-state index contributed by atoms with van der Waals surface area (Å²) in [7, 11) is 0. The molecule has 0 saturated carbocycles. The molecule has 0 radical (unpaired) electrons. The first-order chi connectivity index (χ1) is 23.8. The molecular formula is C42H27N5O. The van der Waals surface area contributed by atoms with Crippen molar-refractivity contribution in [2.24, 2.45) is 0 Å². The van der Waals surface area contributed by atoms with Gasteiger partial charge in [0.25, 0.3) is 0 Å². The van der Waals surface area contributed by atoms with Crippen LogP contribution in [0, 0.1) is 0 Å². The average molecular weight is 618 g/mol. The molecule has 0 fully saturated rings. The number of anilines is 3. The Labute approximate surface area is 276 Å². The minimum atomic E-state index is 0.596. The number of oxazole rings is 1. The summed E-state index contributed by atoms with van der Waals surface area (Å²) in [6.07, 6.45) is 3.75. The number of pyridine rings is 3. The van der Waals surface area contributed by atoms with Crippen LogP contribution in [0.5, 0.6) is 0 Å². The van der Waals surface area contributed by atoms with Crippen molar-refractivity contribution >= 4 is 50.1 Å². The average Bonchev–Trinajstić information content (AvgIpc) is 3.60. The molecule has 0 spiro atoms. The SMILES string of the molecule is c1ccc(-c2cc(-c3ccc(N(c4ccc(-c5nc6ccccc6o5)cc4)c4cnc5ccccc5c4)cc3)nc3cccnc23)cc1. The van der Waals surface area contributed by atoms with Gasteiger partial charge in [0, 0.05) is 39.6 Å². The van der Waals surface area contributed by atoms with Crippen LogP contribution < -0.4 is 4.90 Å². The highest BCUT2D eigenvalue weighted by molar-refractivity contribution is 5.94. The zero-order valence-corrected chi connectivity index (χ0v) is 25.7. The van der Waals surface area contributed by atoms with Gasteiger partial charge in [-0.3, -0.25) is 9.97 Å². The van der Waals surface area contributed by atoms with Crippen molar-refractivity contribution < 1.29 is 4.42 Å². The van der Waals surface area contributed by atoms with Crippen LogP contribution in [0.25, 0.3) is 66.9 Å². The molecule has 4 aromatic heterocycles. The fraction of sp³-hybridized carbons (Fsp3) is 0. The summed E-state index contributed by atoms with van der Waals surface area (Å²) in [6.45, 7) is 0. The van der Waals surface area contributed by atoms with Gasteiger partial charge in [-0.1, -0.05) is 72.8 Å². The van der Waals surface area contributed by atoms with E-state index in [1.807, 2.05) is 85.2 Å². The van der Waals surface area contributed by atoms with Gasteiger partial charge in [-0.2, -0.15) is 0 Å². The maximum Gasteiger partial charge on any atom is 0.227 e. The number of hydrogen-bond donors (Lipinski definition) is 0. The zero-order valence-electron chi connectivity index (χ0n) is 25.7. The highest BCUT2D eigenvalue weighted by Gasteiger charge is 2.17. The highest BCUT2D eigenvalue weighted by Crippen LogP contribution is 2.38. The van der Waals surface area contributed by atoms with Gasteiger partial charge in [-0.15, -0.1) is 0 Å². The van der Waals surface area contributed by atoms with E-state index in [0.717, 1.165) is 78.0 Å². The third-order valence-corrected chi connectivity index (χ3v) is 8.57. The normalized spacial score (nSPS) is 11.3. The van der Waals surface area contributed by atoms with E-state index in [-0.39, 0.29) is 0 Å². The molecule has 0 saturated heterocycles. The summed E-state index contributed by atoms with van der Waals surface area (Å²) >= 11 is 0. The third-order valence-electron chi connectivity index (χ3n) is 8.57. The van der Waals surface area contributed by atoms with Gasteiger partial charge in [0.15, 0.2) is 5.58 Å². The van der Waals surface area contributed by atoms with Gasteiger partial charge in [0.2, 0.25) is 5.89 Å². The number of para-hydroxylation sites is 3. The van der Waals surface area contributed by atoms with Crippen LogP contribution in [0.15, 0.2) is 168 Å². The Balaban J connectivity index is 1.13. The second kappa shape index (κ2) is 11.6. The van der Waals surface area contributed by atoms with Crippen LogP contribution in [0.1, 0.15) is 0 Å². The topological polar surface area (TPSA) is 67.9 Å². The van der Waals surface area contributed by atoms with Crippen molar-refractivity contribution in [1.29, 1.82) is 0 Å². The Morgan fingerprint density at radius 3 is 1.96 bits per heavy atom. The largest absolute Gasteiger partial charge is 0.436 e. The molecule has 4 heterocycles. The van der Waals surface area contributed by atoms with E-state index < -0.39 is 0 Å². The number of rotatable bonds is 6. The lowest BCUT2D eigenvalue weighted by molar-refractivity contribution is 0.620. The molecule has 48 heavy (non-hydrogen) atoms. The summed E-state index contributed by atoms with van der Waals surface area (Å²) in [5.74, 6) is 0.596. The summed E-state index contributed by atoms with van der Waals surface area (Å²) in [6, 6.07) is 51.4. The van der Waals surface area contributed by atoms with Crippen LogP contribution in [0.4, 0.5) is 17.1 Å². The molecule has 6 heteroatoms. The second-order valence-electron chi connectivity index (χ2n) is 11.6. The van der Waals surface area contributed by atoms with Crippen LogP contribution in [-0.4, -0.2) is 19.9 Å². The Bertz CT molecular complexity index is 2530. The predicted molar refractivity (Wildman–Crippen MR) is 193 cm³/mol. The van der Waals surface area contributed by atoms with Crippen LogP contribution in [0.3, 0.4) is 0 Å². The molecule has 9 aromatic rings. The quantitative estimate of drug-likeness (QED) is 0.185. The summed E-state index contributed by atoms with van der Waals surface area (Å²) in [4.78, 5) is 21.4. The molecular weight excluding hydrogens is 590 g/mol. The van der Waals surface area contributed by atoms with Crippen LogP contribution in [-0.2, 0) is 0 Å². The second-order valence-corrected chi connectivity index (χ2v) is 11.6. The number of hydrogen-bond acceptors (Lipinski definition) is 6. The lowest BCUT2D eigenvalue weighted by Gasteiger charge is -2.25. The van der Waals surface area contributed by atoms with E-state index in [0.29, 0.717) is 5.89 Å². The lowest BCUT2D eigenvalue weighted by Crippen LogP contribution is -2.10. The minimum Gasteiger partial charge on any atom is -0.436 e. The van der Waals surface area contributed by atoms with Crippen LogP contribution in [0.2, 0.25) is 0 Å². The van der Waals surface area contributed by atoms with Gasteiger partial charge >= 0.3 is 0 Å². The van der Waals surface area contributed by atoms with Crippen molar-refractivity contribution in [3.05, 3.63) is 164 Å². The fourth-order valence-electron chi connectivity index (χ4n) is 6.21. The fourth-order valence-corrected chi connectivity index (χ4v) is 6.21. The Hall–Kier alpha value is -6.66. The first kappa shape index (κ1) is 27.6.